The van der Waals surface area contributed by atoms with Gasteiger partial charge in [-0.05, 0) is 25.1 Å². The van der Waals surface area contributed by atoms with Gasteiger partial charge in [0, 0.05) is 6.54 Å². The van der Waals surface area contributed by atoms with Crippen LogP contribution in [0.1, 0.15) is 6.42 Å². The molecule has 1 saturated heterocycles. The zero-order valence-electron chi connectivity index (χ0n) is 11.6. The predicted octanol–water partition coefficient (Wildman–Crippen LogP) is 0.129. The van der Waals surface area contributed by atoms with Crippen LogP contribution in [0.3, 0.4) is 0 Å². The number of hydrogen-bond donors (Lipinski definition) is 3. The minimum Gasteiger partial charge on any atom is -0.492 e. The standard InChI is InChI=1S/C13H20N2O4S.ClH/c16-13-10-14-7-6-12(13)15-20(17,18)9-8-19-11-4-2-1-3-5-11;/h1-5,12-16H,6-10H2;1H/t12-,13-;/m1./s1. The van der Waals surface area contributed by atoms with Crippen molar-refractivity contribution in [2.75, 3.05) is 25.4 Å². The van der Waals surface area contributed by atoms with Crippen molar-refractivity contribution in [1.82, 2.24) is 10.0 Å². The second-order valence-electron chi connectivity index (χ2n) is 4.76. The highest BCUT2D eigenvalue weighted by atomic mass is 35.5. The number of para-hydroxylation sites is 1. The summed E-state index contributed by atoms with van der Waals surface area (Å²) in [6, 6.07) is 8.65. The zero-order chi connectivity index (χ0) is 14.4. The maximum Gasteiger partial charge on any atom is 0.215 e. The molecule has 0 aromatic heterocycles. The zero-order valence-corrected chi connectivity index (χ0v) is 13.2. The minimum absolute atomic E-state index is 0. The van der Waals surface area contributed by atoms with Gasteiger partial charge in [0.05, 0.1) is 17.9 Å². The van der Waals surface area contributed by atoms with Gasteiger partial charge in [0.1, 0.15) is 12.4 Å². The molecule has 21 heavy (non-hydrogen) atoms. The Hall–Kier alpha value is -0.860. The number of aliphatic hydroxyl groups excluding tert-OH is 1. The number of rotatable bonds is 6. The number of piperidine rings is 1. The van der Waals surface area contributed by atoms with E-state index in [1.807, 2.05) is 18.2 Å². The Morgan fingerprint density at radius 1 is 1.33 bits per heavy atom. The molecule has 0 bridgehead atoms. The van der Waals surface area contributed by atoms with Gasteiger partial charge >= 0.3 is 0 Å². The first-order valence-corrected chi connectivity index (χ1v) is 8.29. The third-order valence-corrected chi connectivity index (χ3v) is 4.51. The normalized spacial score (nSPS) is 22.3. The van der Waals surface area contributed by atoms with Crippen molar-refractivity contribution in [2.45, 2.75) is 18.6 Å². The largest absolute Gasteiger partial charge is 0.492 e. The van der Waals surface area contributed by atoms with Gasteiger partial charge in [0.25, 0.3) is 0 Å². The molecule has 1 aromatic carbocycles. The second kappa shape index (κ2) is 8.55. The van der Waals surface area contributed by atoms with Crippen LogP contribution in [-0.2, 0) is 10.0 Å². The molecule has 0 amide bonds. The monoisotopic (exact) mass is 336 g/mol. The van der Waals surface area contributed by atoms with Gasteiger partial charge in [0.15, 0.2) is 0 Å². The quantitative estimate of drug-likeness (QED) is 0.687. The number of benzene rings is 1. The molecule has 1 aromatic rings. The predicted molar refractivity (Wildman–Crippen MR) is 83.4 cm³/mol. The summed E-state index contributed by atoms with van der Waals surface area (Å²) in [5, 5.41) is 12.7. The van der Waals surface area contributed by atoms with E-state index in [1.54, 1.807) is 12.1 Å². The number of β-amino-alcohol motifs (C(OH)–C–C–N with tert-alkyl or cyclic N) is 1. The minimum atomic E-state index is -3.45. The molecule has 3 N–H and O–H groups in total. The highest BCUT2D eigenvalue weighted by molar-refractivity contribution is 7.89. The molecule has 8 heteroatoms. The molecule has 2 rings (SSSR count). The van der Waals surface area contributed by atoms with Crippen LogP contribution in [0.25, 0.3) is 0 Å². The van der Waals surface area contributed by atoms with Gasteiger partial charge in [-0.2, -0.15) is 0 Å². The Labute approximate surface area is 131 Å². The first-order valence-electron chi connectivity index (χ1n) is 6.63. The lowest BCUT2D eigenvalue weighted by molar-refractivity contribution is 0.113. The van der Waals surface area contributed by atoms with Crippen molar-refractivity contribution in [3.05, 3.63) is 30.3 Å². The lowest BCUT2D eigenvalue weighted by Crippen LogP contribution is -2.53. The molecule has 2 atom stereocenters. The molecular weight excluding hydrogens is 316 g/mol. The number of halogens is 1. The van der Waals surface area contributed by atoms with Gasteiger partial charge in [-0.25, -0.2) is 13.1 Å². The fraction of sp³-hybridized carbons (Fsp3) is 0.538. The van der Waals surface area contributed by atoms with Gasteiger partial charge in [-0.3, -0.25) is 0 Å². The van der Waals surface area contributed by atoms with Crippen molar-refractivity contribution in [2.24, 2.45) is 0 Å². The number of sulfonamides is 1. The fourth-order valence-corrected chi connectivity index (χ4v) is 3.21. The van der Waals surface area contributed by atoms with Crippen LogP contribution in [0, 0.1) is 0 Å². The molecule has 6 nitrogen and oxygen atoms in total. The van der Waals surface area contributed by atoms with Gasteiger partial charge in [-0.1, -0.05) is 18.2 Å². The lowest BCUT2D eigenvalue weighted by Gasteiger charge is -2.28. The summed E-state index contributed by atoms with van der Waals surface area (Å²) in [6.07, 6.45) is -0.103. The van der Waals surface area contributed by atoms with Crippen LogP contribution in [0.5, 0.6) is 5.75 Å². The van der Waals surface area contributed by atoms with Crippen LogP contribution >= 0.6 is 12.4 Å². The van der Waals surface area contributed by atoms with Gasteiger partial charge < -0.3 is 15.2 Å². The van der Waals surface area contributed by atoms with Crippen LogP contribution in [0.4, 0.5) is 0 Å². The Bertz CT molecular complexity index is 512. The van der Waals surface area contributed by atoms with Crippen LogP contribution in [0.15, 0.2) is 30.3 Å². The summed E-state index contributed by atoms with van der Waals surface area (Å²) in [5.41, 5.74) is 0. The van der Waals surface area contributed by atoms with Crippen molar-refractivity contribution in [3.8, 4) is 5.75 Å². The molecule has 0 spiro atoms. The summed E-state index contributed by atoms with van der Waals surface area (Å²) < 4.78 is 31.7. The molecule has 0 aliphatic carbocycles. The molecule has 1 heterocycles. The summed E-state index contributed by atoms with van der Waals surface area (Å²) >= 11 is 0. The van der Waals surface area contributed by atoms with E-state index in [9.17, 15) is 13.5 Å². The summed E-state index contributed by atoms with van der Waals surface area (Å²) in [4.78, 5) is 0. The second-order valence-corrected chi connectivity index (χ2v) is 6.64. The van der Waals surface area contributed by atoms with Gasteiger partial charge in [-0.15, -0.1) is 12.4 Å². The molecule has 1 aliphatic heterocycles. The molecule has 0 saturated carbocycles. The van der Waals surface area contributed by atoms with Crippen LogP contribution in [-0.4, -0.2) is 51.1 Å². The van der Waals surface area contributed by atoms with E-state index in [4.69, 9.17) is 4.74 Å². The molecular formula is C13H21ClN2O4S. The molecule has 1 aliphatic rings. The third kappa shape index (κ3) is 6.19. The molecule has 0 radical (unpaired) electrons. The van der Waals surface area contributed by atoms with E-state index in [-0.39, 0.29) is 24.8 Å². The van der Waals surface area contributed by atoms with E-state index >= 15 is 0 Å². The van der Waals surface area contributed by atoms with Crippen molar-refractivity contribution < 1.29 is 18.3 Å². The number of hydrogen-bond acceptors (Lipinski definition) is 5. The smallest absolute Gasteiger partial charge is 0.215 e. The Morgan fingerprint density at radius 2 is 2.05 bits per heavy atom. The van der Waals surface area contributed by atoms with E-state index < -0.39 is 22.2 Å². The highest BCUT2D eigenvalue weighted by Gasteiger charge is 2.26. The van der Waals surface area contributed by atoms with E-state index in [1.165, 1.54) is 0 Å². The lowest BCUT2D eigenvalue weighted by atomic mass is 10.1. The molecule has 0 unspecified atom stereocenters. The maximum atomic E-state index is 11.9. The van der Waals surface area contributed by atoms with E-state index in [0.717, 1.165) is 0 Å². The summed E-state index contributed by atoms with van der Waals surface area (Å²) in [5.74, 6) is 0.517. The molecule has 1 fully saturated rings. The Kier molecular flexibility index (Phi) is 7.41. The van der Waals surface area contributed by atoms with Crippen molar-refractivity contribution >= 4 is 22.4 Å². The molecule has 120 valence electrons. The van der Waals surface area contributed by atoms with Gasteiger partial charge in [0.2, 0.25) is 10.0 Å². The van der Waals surface area contributed by atoms with E-state index in [0.29, 0.717) is 25.3 Å². The first kappa shape index (κ1) is 18.2. The average Bonchev–Trinajstić information content (AvgIpc) is 2.42. The average molecular weight is 337 g/mol. The fourth-order valence-electron chi connectivity index (χ4n) is 2.06. The Morgan fingerprint density at radius 3 is 2.71 bits per heavy atom. The summed E-state index contributed by atoms with van der Waals surface area (Å²) in [6.45, 7) is 1.19. The number of ether oxygens (including phenoxy) is 1. The topological polar surface area (TPSA) is 87.7 Å². The highest BCUT2D eigenvalue weighted by Crippen LogP contribution is 2.09. The number of aliphatic hydroxyl groups is 1. The number of nitrogens with one attached hydrogen (secondary N) is 2. The summed E-state index contributed by atoms with van der Waals surface area (Å²) in [7, 11) is -3.45. The van der Waals surface area contributed by atoms with Crippen molar-refractivity contribution in [3.63, 3.8) is 0 Å². The van der Waals surface area contributed by atoms with Crippen LogP contribution < -0.4 is 14.8 Å². The first-order chi connectivity index (χ1) is 9.57. The Balaban J connectivity index is 0.00000220. The van der Waals surface area contributed by atoms with E-state index in [2.05, 4.69) is 10.0 Å². The third-order valence-electron chi connectivity index (χ3n) is 3.14. The van der Waals surface area contributed by atoms with Crippen molar-refractivity contribution in [1.29, 1.82) is 0 Å². The maximum absolute atomic E-state index is 11.9. The van der Waals surface area contributed by atoms with Crippen LogP contribution in [0.2, 0.25) is 0 Å². The SMILES string of the molecule is Cl.O=S(=O)(CCOc1ccccc1)N[C@@H]1CCNC[C@H]1O.